The summed E-state index contributed by atoms with van der Waals surface area (Å²) in [5.41, 5.74) is 1.68. The van der Waals surface area contributed by atoms with Gasteiger partial charge in [-0.15, -0.1) is 0 Å². The molecule has 0 amide bonds. The predicted octanol–water partition coefficient (Wildman–Crippen LogP) is 1.79. The van der Waals surface area contributed by atoms with E-state index in [-0.39, 0.29) is 12.4 Å². The zero-order valence-corrected chi connectivity index (χ0v) is 12.0. The third-order valence-corrected chi connectivity index (χ3v) is 4.04. The van der Waals surface area contributed by atoms with Gasteiger partial charge in [0.05, 0.1) is 12.4 Å². The van der Waals surface area contributed by atoms with Gasteiger partial charge in [-0.3, -0.25) is 0 Å². The van der Waals surface area contributed by atoms with E-state index in [4.69, 9.17) is 5.11 Å². The maximum atomic E-state index is 10.9. The zero-order valence-electron chi connectivity index (χ0n) is 9.61. The van der Waals surface area contributed by atoms with E-state index in [1.54, 1.807) is 0 Å². The molecule has 0 aliphatic heterocycles. The maximum absolute atomic E-state index is 10.9. The van der Waals surface area contributed by atoms with E-state index in [1.807, 2.05) is 18.2 Å². The van der Waals surface area contributed by atoms with Crippen molar-refractivity contribution in [3.63, 3.8) is 0 Å². The van der Waals surface area contributed by atoms with Gasteiger partial charge in [-0.25, -0.2) is 8.42 Å². The fraction of sp³-hybridized carbons (Fsp3) is 0.455. The van der Waals surface area contributed by atoms with Crippen LogP contribution in [0.5, 0.6) is 0 Å². The Morgan fingerprint density at radius 1 is 1.41 bits per heavy atom. The van der Waals surface area contributed by atoms with E-state index in [2.05, 4.69) is 21.2 Å². The molecule has 0 spiro atoms. The summed E-state index contributed by atoms with van der Waals surface area (Å²) in [4.78, 5) is 0. The second-order valence-electron chi connectivity index (χ2n) is 3.87. The molecular weight excluding hydrogens is 306 g/mol. The molecule has 2 N–H and O–H groups in total. The van der Waals surface area contributed by atoms with E-state index < -0.39 is 9.84 Å². The number of sulfone groups is 1. The Bertz CT molecular complexity index is 474. The quantitative estimate of drug-likeness (QED) is 0.784. The average molecular weight is 322 g/mol. The van der Waals surface area contributed by atoms with Crippen molar-refractivity contribution in [1.82, 2.24) is 0 Å². The molecule has 0 bridgehead atoms. The average Bonchev–Trinajstić information content (AvgIpc) is 2.25. The molecule has 1 rings (SSSR count). The minimum Gasteiger partial charge on any atom is -0.392 e. The van der Waals surface area contributed by atoms with Gasteiger partial charge in [0, 0.05) is 23.0 Å². The summed E-state index contributed by atoms with van der Waals surface area (Å²) >= 11 is 3.33. The highest BCUT2D eigenvalue weighted by atomic mass is 79.9. The van der Waals surface area contributed by atoms with E-state index >= 15 is 0 Å². The van der Waals surface area contributed by atoms with Crippen molar-refractivity contribution in [1.29, 1.82) is 0 Å². The first-order chi connectivity index (χ1) is 7.92. The van der Waals surface area contributed by atoms with Crippen LogP contribution in [0.15, 0.2) is 22.7 Å². The van der Waals surface area contributed by atoms with E-state index in [0.717, 1.165) is 15.7 Å². The highest BCUT2D eigenvalue weighted by molar-refractivity contribution is 9.10. The van der Waals surface area contributed by atoms with Gasteiger partial charge < -0.3 is 10.4 Å². The van der Waals surface area contributed by atoms with Gasteiger partial charge in [0.1, 0.15) is 9.84 Å². The highest BCUT2D eigenvalue weighted by Gasteiger charge is 2.02. The molecule has 96 valence electrons. The summed E-state index contributed by atoms with van der Waals surface area (Å²) < 4.78 is 22.7. The Labute approximate surface area is 110 Å². The number of rotatable bonds is 6. The molecule has 0 fully saturated rings. The van der Waals surface area contributed by atoms with Crippen molar-refractivity contribution in [3.8, 4) is 0 Å². The van der Waals surface area contributed by atoms with Gasteiger partial charge in [0.2, 0.25) is 0 Å². The summed E-state index contributed by atoms with van der Waals surface area (Å²) in [6.45, 7) is 0.568. The summed E-state index contributed by atoms with van der Waals surface area (Å²) in [7, 11) is -2.89. The fourth-order valence-corrected chi connectivity index (χ4v) is 2.41. The summed E-state index contributed by atoms with van der Waals surface area (Å²) in [6, 6.07) is 5.57. The Balaban J connectivity index is 2.47. The molecule has 0 aromatic heterocycles. The van der Waals surface area contributed by atoms with Gasteiger partial charge >= 0.3 is 0 Å². The number of benzene rings is 1. The molecule has 1 aromatic rings. The third kappa shape index (κ3) is 5.52. The normalized spacial score (nSPS) is 11.5. The summed E-state index contributed by atoms with van der Waals surface area (Å²) in [5, 5.41) is 12.2. The first kappa shape index (κ1) is 14.5. The van der Waals surface area contributed by atoms with Gasteiger partial charge in [0.25, 0.3) is 0 Å². The number of aliphatic hydroxyl groups is 1. The topological polar surface area (TPSA) is 66.4 Å². The van der Waals surface area contributed by atoms with Gasteiger partial charge in [-0.05, 0) is 30.2 Å². The SMILES string of the molecule is CS(=O)(=O)CCCNc1ccc(Br)c(CO)c1. The molecule has 0 atom stereocenters. The second kappa shape index (κ2) is 6.37. The van der Waals surface area contributed by atoms with Gasteiger partial charge in [-0.2, -0.15) is 0 Å². The van der Waals surface area contributed by atoms with Crippen molar-refractivity contribution in [2.45, 2.75) is 13.0 Å². The van der Waals surface area contributed by atoms with Crippen LogP contribution in [0.25, 0.3) is 0 Å². The number of hydrogen-bond acceptors (Lipinski definition) is 4. The standard InChI is InChI=1S/C11H16BrNO3S/c1-17(15,16)6-2-5-13-10-3-4-11(12)9(7-10)8-14/h3-4,7,13-14H,2,5-6,8H2,1H3. The second-order valence-corrected chi connectivity index (χ2v) is 6.99. The molecule has 1 aromatic carbocycles. The van der Waals surface area contributed by atoms with Crippen LogP contribution in [-0.4, -0.2) is 32.1 Å². The summed E-state index contributed by atoms with van der Waals surface area (Å²) in [6.07, 6.45) is 1.81. The van der Waals surface area contributed by atoms with Crippen LogP contribution in [0.1, 0.15) is 12.0 Å². The van der Waals surface area contributed by atoms with Crippen LogP contribution in [-0.2, 0) is 16.4 Å². The number of aliphatic hydroxyl groups excluding tert-OH is 1. The summed E-state index contributed by atoms with van der Waals surface area (Å²) in [5.74, 6) is 0.184. The zero-order chi connectivity index (χ0) is 12.9. The molecule has 0 saturated heterocycles. The van der Waals surface area contributed by atoms with Crippen LogP contribution in [0.3, 0.4) is 0 Å². The van der Waals surface area contributed by atoms with Crippen LogP contribution in [0.2, 0.25) is 0 Å². The van der Waals surface area contributed by atoms with Crippen molar-refractivity contribution >= 4 is 31.5 Å². The number of hydrogen-bond donors (Lipinski definition) is 2. The first-order valence-corrected chi connectivity index (χ1v) is 8.08. The van der Waals surface area contributed by atoms with Gasteiger partial charge in [0.15, 0.2) is 0 Å². The molecular formula is C11H16BrNO3S. The molecule has 0 unspecified atom stereocenters. The van der Waals surface area contributed by atoms with Crippen molar-refractivity contribution in [2.24, 2.45) is 0 Å². The number of anilines is 1. The van der Waals surface area contributed by atoms with E-state index in [0.29, 0.717) is 13.0 Å². The van der Waals surface area contributed by atoms with Crippen molar-refractivity contribution < 1.29 is 13.5 Å². The highest BCUT2D eigenvalue weighted by Crippen LogP contribution is 2.20. The third-order valence-electron chi connectivity index (χ3n) is 2.24. The fourth-order valence-electron chi connectivity index (χ4n) is 1.37. The van der Waals surface area contributed by atoms with Crippen molar-refractivity contribution in [3.05, 3.63) is 28.2 Å². The van der Waals surface area contributed by atoms with Crippen molar-refractivity contribution in [2.75, 3.05) is 23.9 Å². The Kier molecular flexibility index (Phi) is 5.42. The lowest BCUT2D eigenvalue weighted by Crippen LogP contribution is -2.09. The van der Waals surface area contributed by atoms with E-state index in [9.17, 15) is 8.42 Å². The lowest BCUT2D eigenvalue weighted by Gasteiger charge is -2.08. The molecule has 0 saturated carbocycles. The minimum atomic E-state index is -2.89. The van der Waals surface area contributed by atoms with E-state index in [1.165, 1.54) is 6.26 Å². The molecule has 17 heavy (non-hydrogen) atoms. The lowest BCUT2D eigenvalue weighted by molar-refractivity contribution is 0.281. The number of nitrogens with one attached hydrogen (secondary N) is 1. The minimum absolute atomic E-state index is 0.0283. The lowest BCUT2D eigenvalue weighted by atomic mass is 10.2. The van der Waals surface area contributed by atoms with Crippen LogP contribution in [0.4, 0.5) is 5.69 Å². The Hall–Kier alpha value is -0.590. The Morgan fingerprint density at radius 2 is 2.12 bits per heavy atom. The molecule has 0 aliphatic rings. The maximum Gasteiger partial charge on any atom is 0.147 e. The molecule has 6 heteroatoms. The predicted molar refractivity (Wildman–Crippen MR) is 72.9 cm³/mol. The molecule has 0 radical (unpaired) electrons. The monoisotopic (exact) mass is 321 g/mol. The molecule has 4 nitrogen and oxygen atoms in total. The van der Waals surface area contributed by atoms with Crippen LogP contribution >= 0.6 is 15.9 Å². The number of halogens is 1. The smallest absolute Gasteiger partial charge is 0.147 e. The van der Waals surface area contributed by atoms with Gasteiger partial charge in [-0.1, -0.05) is 15.9 Å². The Morgan fingerprint density at radius 3 is 2.71 bits per heavy atom. The molecule has 0 heterocycles. The van der Waals surface area contributed by atoms with Crippen LogP contribution < -0.4 is 5.32 Å². The molecule has 0 aliphatic carbocycles. The van der Waals surface area contributed by atoms with Crippen LogP contribution in [0, 0.1) is 0 Å². The first-order valence-electron chi connectivity index (χ1n) is 5.23. The largest absolute Gasteiger partial charge is 0.392 e.